The topological polar surface area (TPSA) is 91.3 Å². The van der Waals surface area contributed by atoms with Gasteiger partial charge in [-0.05, 0) is 43.3 Å². The third-order valence-electron chi connectivity index (χ3n) is 4.13. The highest BCUT2D eigenvalue weighted by atomic mass is 79.9. The van der Waals surface area contributed by atoms with Gasteiger partial charge in [-0.2, -0.15) is 10.4 Å². The molecular formula is C21H13BrN4O2S. The molecule has 0 saturated carbocycles. The van der Waals surface area contributed by atoms with Crippen molar-refractivity contribution < 1.29 is 4.42 Å². The first-order valence-corrected chi connectivity index (χ1v) is 10.2. The van der Waals surface area contributed by atoms with Crippen molar-refractivity contribution in [2.24, 2.45) is 5.10 Å². The number of nitriles is 1. The highest BCUT2D eigenvalue weighted by molar-refractivity contribution is 9.10. The lowest BCUT2D eigenvalue weighted by molar-refractivity contribution is 0.563. The third kappa shape index (κ3) is 4.11. The van der Waals surface area contributed by atoms with Crippen molar-refractivity contribution in [1.29, 1.82) is 5.26 Å². The first-order valence-electron chi connectivity index (χ1n) is 8.53. The SMILES string of the molecule is Cc1ccc(N/N=C(\C#N)c2nc(-c3cc4cc(Br)ccc4oc3=O)cs2)cc1. The first kappa shape index (κ1) is 19.1. The summed E-state index contributed by atoms with van der Waals surface area (Å²) in [5.41, 5.74) is 5.68. The van der Waals surface area contributed by atoms with Crippen molar-refractivity contribution in [2.45, 2.75) is 6.92 Å². The summed E-state index contributed by atoms with van der Waals surface area (Å²) < 4.78 is 6.27. The lowest BCUT2D eigenvalue weighted by Crippen LogP contribution is -2.04. The van der Waals surface area contributed by atoms with E-state index in [2.05, 4.69) is 31.4 Å². The average Bonchev–Trinajstić information content (AvgIpc) is 3.19. The number of anilines is 1. The molecule has 142 valence electrons. The number of hydrogen-bond acceptors (Lipinski definition) is 7. The molecule has 2 aromatic heterocycles. The Morgan fingerprint density at radius 2 is 2.03 bits per heavy atom. The monoisotopic (exact) mass is 464 g/mol. The second-order valence-corrected chi connectivity index (χ2v) is 7.99. The van der Waals surface area contributed by atoms with E-state index >= 15 is 0 Å². The molecule has 6 nitrogen and oxygen atoms in total. The van der Waals surface area contributed by atoms with E-state index in [-0.39, 0.29) is 5.71 Å². The van der Waals surface area contributed by atoms with Crippen LogP contribution in [0.1, 0.15) is 10.6 Å². The molecule has 4 aromatic rings. The predicted molar refractivity (Wildman–Crippen MR) is 118 cm³/mol. The fourth-order valence-electron chi connectivity index (χ4n) is 2.65. The van der Waals surface area contributed by atoms with Crippen LogP contribution in [0.2, 0.25) is 0 Å². The van der Waals surface area contributed by atoms with Crippen LogP contribution in [0.25, 0.3) is 22.2 Å². The van der Waals surface area contributed by atoms with E-state index in [1.807, 2.05) is 49.4 Å². The van der Waals surface area contributed by atoms with Gasteiger partial charge in [0.2, 0.25) is 0 Å². The Kier molecular flexibility index (Phi) is 5.25. The maximum absolute atomic E-state index is 12.4. The van der Waals surface area contributed by atoms with Crippen LogP contribution in [0, 0.1) is 18.3 Å². The molecule has 0 atom stereocenters. The van der Waals surface area contributed by atoms with Gasteiger partial charge in [0, 0.05) is 15.2 Å². The van der Waals surface area contributed by atoms with E-state index < -0.39 is 5.63 Å². The van der Waals surface area contributed by atoms with Crippen molar-refractivity contribution in [1.82, 2.24) is 4.98 Å². The number of aromatic nitrogens is 1. The number of nitrogens with zero attached hydrogens (tertiary/aromatic N) is 3. The van der Waals surface area contributed by atoms with E-state index in [0.717, 1.165) is 21.1 Å². The van der Waals surface area contributed by atoms with E-state index in [1.165, 1.54) is 11.3 Å². The molecule has 0 aliphatic heterocycles. The van der Waals surface area contributed by atoms with Crippen molar-refractivity contribution in [3.8, 4) is 17.3 Å². The van der Waals surface area contributed by atoms with Crippen LogP contribution < -0.4 is 11.1 Å². The van der Waals surface area contributed by atoms with Crippen LogP contribution in [0.4, 0.5) is 5.69 Å². The minimum absolute atomic E-state index is 0.134. The lowest BCUT2D eigenvalue weighted by Gasteiger charge is -2.01. The molecule has 0 aliphatic rings. The Balaban J connectivity index is 1.66. The summed E-state index contributed by atoms with van der Waals surface area (Å²) in [6.45, 7) is 1.99. The molecule has 0 amide bonds. The minimum Gasteiger partial charge on any atom is -0.422 e. The number of halogens is 1. The summed E-state index contributed by atoms with van der Waals surface area (Å²) in [6.07, 6.45) is 0. The molecule has 0 radical (unpaired) electrons. The van der Waals surface area contributed by atoms with Gasteiger partial charge in [0.25, 0.3) is 0 Å². The third-order valence-corrected chi connectivity index (χ3v) is 5.47. The van der Waals surface area contributed by atoms with Gasteiger partial charge in [-0.3, -0.25) is 5.43 Å². The second-order valence-electron chi connectivity index (χ2n) is 6.22. The number of hydrazone groups is 1. The maximum atomic E-state index is 12.4. The van der Waals surface area contributed by atoms with E-state index in [9.17, 15) is 10.1 Å². The van der Waals surface area contributed by atoms with Crippen LogP contribution in [0.3, 0.4) is 0 Å². The molecule has 0 bridgehead atoms. The van der Waals surface area contributed by atoms with Crippen LogP contribution in [0.5, 0.6) is 0 Å². The number of benzene rings is 2. The van der Waals surface area contributed by atoms with E-state index in [1.54, 1.807) is 17.5 Å². The van der Waals surface area contributed by atoms with Gasteiger partial charge in [0.05, 0.1) is 16.9 Å². The Morgan fingerprint density at radius 1 is 1.24 bits per heavy atom. The molecule has 0 spiro atoms. The number of fused-ring (bicyclic) bond motifs is 1. The zero-order chi connectivity index (χ0) is 20.4. The van der Waals surface area contributed by atoms with E-state index in [4.69, 9.17) is 4.42 Å². The largest absolute Gasteiger partial charge is 0.422 e. The van der Waals surface area contributed by atoms with Gasteiger partial charge in [-0.25, -0.2) is 9.78 Å². The summed E-state index contributed by atoms with van der Waals surface area (Å²) in [5.74, 6) is 0. The molecular weight excluding hydrogens is 452 g/mol. The van der Waals surface area contributed by atoms with Gasteiger partial charge in [0.1, 0.15) is 11.7 Å². The summed E-state index contributed by atoms with van der Waals surface area (Å²) in [7, 11) is 0. The van der Waals surface area contributed by atoms with Crippen LogP contribution in [0.15, 0.2) is 72.7 Å². The summed E-state index contributed by atoms with van der Waals surface area (Å²) in [6, 6.07) is 16.8. The van der Waals surface area contributed by atoms with Crippen molar-refractivity contribution in [3.63, 3.8) is 0 Å². The van der Waals surface area contributed by atoms with Crippen LogP contribution in [-0.4, -0.2) is 10.7 Å². The van der Waals surface area contributed by atoms with Crippen LogP contribution >= 0.6 is 27.3 Å². The van der Waals surface area contributed by atoms with Gasteiger partial charge in [-0.15, -0.1) is 11.3 Å². The van der Waals surface area contributed by atoms with Gasteiger partial charge < -0.3 is 4.42 Å². The van der Waals surface area contributed by atoms with Gasteiger partial charge >= 0.3 is 5.63 Å². The molecule has 1 N–H and O–H groups in total. The molecule has 2 aromatic carbocycles. The molecule has 4 rings (SSSR count). The summed E-state index contributed by atoms with van der Waals surface area (Å²) in [5, 5.41) is 16.5. The van der Waals surface area contributed by atoms with Crippen molar-refractivity contribution in [2.75, 3.05) is 5.43 Å². The van der Waals surface area contributed by atoms with Crippen LogP contribution in [-0.2, 0) is 0 Å². The first-order chi connectivity index (χ1) is 14.0. The summed E-state index contributed by atoms with van der Waals surface area (Å²) in [4.78, 5) is 16.8. The Bertz CT molecular complexity index is 1330. The minimum atomic E-state index is -0.482. The average molecular weight is 465 g/mol. The highest BCUT2D eigenvalue weighted by Gasteiger charge is 2.15. The Morgan fingerprint density at radius 3 is 2.79 bits per heavy atom. The highest BCUT2D eigenvalue weighted by Crippen LogP contribution is 2.25. The van der Waals surface area contributed by atoms with E-state index in [0.29, 0.717) is 21.8 Å². The fourth-order valence-corrected chi connectivity index (χ4v) is 3.78. The molecule has 0 unspecified atom stereocenters. The van der Waals surface area contributed by atoms with Crippen molar-refractivity contribution in [3.05, 3.63) is 79.4 Å². The summed E-state index contributed by atoms with van der Waals surface area (Å²) >= 11 is 4.65. The standard InChI is InChI=1S/C21H13BrN4O2S/c1-12-2-5-15(6-3-12)25-26-17(10-23)20-24-18(11-29-20)16-9-13-8-14(22)4-7-19(13)28-21(16)27/h2-9,11,25H,1H3/b26-17+. The number of thiazole rings is 1. The number of nitrogens with one attached hydrogen (secondary N) is 1. The Hall–Kier alpha value is -3.28. The predicted octanol–water partition coefficient (Wildman–Crippen LogP) is 5.33. The van der Waals surface area contributed by atoms with Gasteiger partial charge in [-0.1, -0.05) is 33.6 Å². The quantitative estimate of drug-likeness (QED) is 0.250. The smallest absolute Gasteiger partial charge is 0.345 e. The molecule has 0 saturated heterocycles. The molecule has 0 aliphatic carbocycles. The zero-order valence-electron chi connectivity index (χ0n) is 15.1. The fraction of sp³-hybridized carbons (Fsp3) is 0.0476. The number of rotatable bonds is 4. The van der Waals surface area contributed by atoms with Crippen molar-refractivity contribution >= 4 is 49.6 Å². The number of hydrogen-bond donors (Lipinski definition) is 1. The second kappa shape index (κ2) is 7.99. The Labute approximate surface area is 178 Å². The zero-order valence-corrected chi connectivity index (χ0v) is 17.5. The molecule has 29 heavy (non-hydrogen) atoms. The normalized spacial score (nSPS) is 11.4. The number of aryl methyl sites for hydroxylation is 1. The lowest BCUT2D eigenvalue weighted by atomic mass is 10.1. The maximum Gasteiger partial charge on any atom is 0.345 e. The van der Waals surface area contributed by atoms with Gasteiger partial charge in [0.15, 0.2) is 10.7 Å². The molecule has 2 heterocycles. The molecule has 0 fully saturated rings. The molecule has 8 heteroatoms.